The van der Waals surface area contributed by atoms with Crippen molar-refractivity contribution in [2.24, 2.45) is 0 Å². The SMILES string of the molecule is O=C(NCc1ccccc1N1CCCC1)[C@H](c1ccc(Cl)cc1)N1CCOCC1. The summed E-state index contributed by atoms with van der Waals surface area (Å²) in [7, 11) is 0. The molecule has 154 valence electrons. The lowest BCUT2D eigenvalue weighted by molar-refractivity contribution is -0.128. The normalized spacial score (nSPS) is 18.6. The molecule has 6 heteroatoms. The van der Waals surface area contributed by atoms with Crippen LogP contribution in [0, 0.1) is 0 Å². The third kappa shape index (κ3) is 4.92. The maximum Gasteiger partial charge on any atom is 0.242 e. The molecule has 2 heterocycles. The number of rotatable bonds is 6. The highest BCUT2D eigenvalue weighted by atomic mass is 35.5. The van der Waals surface area contributed by atoms with Crippen LogP contribution in [0.15, 0.2) is 48.5 Å². The molecule has 0 aliphatic carbocycles. The molecule has 1 atom stereocenters. The summed E-state index contributed by atoms with van der Waals surface area (Å²) in [6.07, 6.45) is 2.47. The molecule has 1 N–H and O–H groups in total. The number of amides is 1. The second kappa shape index (κ2) is 9.61. The molecule has 2 aliphatic rings. The van der Waals surface area contributed by atoms with Gasteiger partial charge >= 0.3 is 0 Å². The summed E-state index contributed by atoms with van der Waals surface area (Å²) in [4.78, 5) is 17.9. The standard InChI is InChI=1S/C23H28ClN3O2/c24-20-9-7-18(8-10-20)22(27-13-15-29-16-14-27)23(28)25-17-19-5-1-2-6-21(19)26-11-3-4-12-26/h1-2,5-10,22H,3-4,11-17H2,(H,25,28)/t22-/m0/s1. The highest BCUT2D eigenvalue weighted by Crippen LogP contribution is 2.26. The smallest absolute Gasteiger partial charge is 0.242 e. The first-order chi connectivity index (χ1) is 14.2. The molecule has 0 unspecified atom stereocenters. The fourth-order valence-electron chi connectivity index (χ4n) is 4.21. The fourth-order valence-corrected chi connectivity index (χ4v) is 4.34. The molecule has 29 heavy (non-hydrogen) atoms. The molecule has 0 radical (unpaired) electrons. The molecule has 2 fully saturated rings. The number of carbonyl (C=O) groups excluding carboxylic acids is 1. The van der Waals surface area contributed by atoms with Crippen LogP contribution in [0.2, 0.25) is 5.02 Å². The lowest BCUT2D eigenvalue weighted by atomic mass is 10.0. The van der Waals surface area contributed by atoms with Crippen molar-refractivity contribution in [3.05, 3.63) is 64.7 Å². The van der Waals surface area contributed by atoms with E-state index in [0.717, 1.165) is 31.7 Å². The van der Waals surface area contributed by atoms with E-state index in [4.69, 9.17) is 16.3 Å². The quantitative estimate of drug-likeness (QED) is 0.785. The van der Waals surface area contributed by atoms with Gasteiger partial charge in [0, 0.05) is 43.4 Å². The number of carbonyl (C=O) groups is 1. The number of nitrogens with zero attached hydrogens (tertiary/aromatic N) is 2. The Morgan fingerprint density at radius 3 is 2.41 bits per heavy atom. The van der Waals surface area contributed by atoms with E-state index >= 15 is 0 Å². The van der Waals surface area contributed by atoms with Gasteiger partial charge in [0.25, 0.3) is 0 Å². The molecule has 4 rings (SSSR count). The Morgan fingerprint density at radius 1 is 1.00 bits per heavy atom. The molecule has 0 saturated carbocycles. The summed E-state index contributed by atoms with van der Waals surface area (Å²) in [5.74, 6) is 0.0189. The molecule has 5 nitrogen and oxygen atoms in total. The van der Waals surface area contributed by atoms with Gasteiger partial charge in [-0.25, -0.2) is 0 Å². The predicted molar refractivity (Wildman–Crippen MR) is 116 cm³/mol. The highest BCUT2D eigenvalue weighted by molar-refractivity contribution is 6.30. The Kier molecular flexibility index (Phi) is 6.70. The molecular weight excluding hydrogens is 386 g/mol. The lowest BCUT2D eigenvalue weighted by Gasteiger charge is -2.34. The number of hydrogen-bond donors (Lipinski definition) is 1. The number of nitrogens with one attached hydrogen (secondary N) is 1. The summed E-state index contributed by atoms with van der Waals surface area (Å²) in [6, 6.07) is 15.6. The first-order valence-corrected chi connectivity index (χ1v) is 10.8. The Hall–Kier alpha value is -2.08. The zero-order valence-corrected chi connectivity index (χ0v) is 17.4. The monoisotopic (exact) mass is 413 g/mol. The van der Waals surface area contributed by atoms with Crippen LogP contribution in [0.3, 0.4) is 0 Å². The van der Waals surface area contributed by atoms with E-state index in [0.29, 0.717) is 24.8 Å². The van der Waals surface area contributed by atoms with Gasteiger partial charge in [0.1, 0.15) is 6.04 Å². The van der Waals surface area contributed by atoms with Crippen LogP contribution in [0.5, 0.6) is 0 Å². The second-order valence-corrected chi connectivity index (χ2v) is 8.08. The van der Waals surface area contributed by atoms with Crippen molar-refractivity contribution in [1.82, 2.24) is 10.2 Å². The van der Waals surface area contributed by atoms with Gasteiger partial charge in [0.15, 0.2) is 0 Å². The number of morpholine rings is 1. The molecule has 0 spiro atoms. The molecule has 2 aromatic rings. The van der Waals surface area contributed by atoms with Crippen LogP contribution >= 0.6 is 11.6 Å². The van der Waals surface area contributed by atoms with Gasteiger partial charge in [-0.2, -0.15) is 0 Å². The predicted octanol–water partition coefficient (Wildman–Crippen LogP) is 3.63. The summed E-state index contributed by atoms with van der Waals surface area (Å²) in [6.45, 7) is 5.48. The number of ether oxygens (including phenoxy) is 1. The number of anilines is 1. The molecule has 2 aromatic carbocycles. The van der Waals surface area contributed by atoms with Crippen LogP contribution in [0.4, 0.5) is 5.69 Å². The van der Waals surface area contributed by atoms with Crippen molar-refractivity contribution in [2.45, 2.75) is 25.4 Å². The van der Waals surface area contributed by atoms with E-state index in [-0.39, 0.29) is 11.9 Å². The van der Waals surface area contributed by atoms with Crippen molar-refractivity contribution in [2.75, 3.05) is 44.3 Å². The highest BCUT2D eigenvalue weighted by Gasteiger charge is 2.29. The molecule has 0 bridgehead atoms. The van der Waals surface area contributed by atoms with Gasteiger partial charge in [-0.05, 0) is 42.2 Å². The number of hydrogen-bond acceptors (Lipinski definition) is 4. The average molecular weight is 414 g/mol. The average Bonchev–Trinajstić information content (AvgIpc) is 3.30. The van der Waals surface area contributed by atoms with E-state index in [2.05, 4.69) is 33.3 Å². The maximum absolute atomic E-state index is 13.3. The minimum atomic E-state index is -0.338. The zero-order valence-electron chi connectivity index (χ0n) is 16.6. The van der Waals surface area contributed by atoms with Gasteiger partial charge < -0.3 is 15.0 Å². The van der Waals surface area contributed by atoms with E-state index in [9.17, 15) is 4.79 Å². The van der Waals surface area contributed by atoms with Crippen LogP contribution in [0.25, 0.3) is 0 Å². The van der Waals surface area contributed by atoms with Crippen molar-refractivity contribution in [3.63, 3.8) is 0 Å². The maximum atomic E-state index is 13.3. The Labute approximate surface area is 177 Å². The van der Waals surface area contributed by atoms with Gasteiger partial charge in [-0.3, -0.25) is 9.69 Å². The molecular formula is C23H28ClN3O2. The van der Waals surface area contributed by atoms with E-state index in [1.807, 2.05) is 30.3 Å². The second-order valence-electron chi connectivity index (χ2n) is 7.64. The van der Waals surface area contributed by atoms with Gasteiger partial charge in [0.05, 0.1) is 13.2 Å². The topological polar surface area (TPSA) is 44.8 Å². The Bertz CT molecular complexity index is 815. The van der Waals surface area contributed by atoms with Crippen LogP contribution in [-0.2, 0) is 16.1 Å². The minimum absolute atomic E-state index is 0.0189. The van der Waals surface area contributed by atoms with E-state index < -0.39 is 0 Å². The number of para-hydroxylation sites is 1. The van der Waals surface area contributed by atoms with Crippen molar-refractivity contribution in [1.29, 1.82) is 0 Å². The number of halogens is 1. The fraction of sp³-hybridized carbons (Fsp3) is 0.435. The van der Waals surface area contributed by atoms with Crippen LogP contribution in [0.1, 0.15) is 30.0 Å². The van der Waals surface area contributed by atoms with E-state index in [1.54, 1.807) is 0 Å². The van der Waals surface area contributed by atoms with Crippen LogP contribution in [-0.4, -0.2) is 50.2 Å². The van der Waals surface area contributed by atoms with E-state index in [1.165, 1.54) is 24.1 Å². The summed E-state index contributed by atoms with van der Waals surface area (Å²) >= 11 is 6.06. The molecule has 1 amide bonds. The summed E-state index contributed by atoms with van der Waals surface area (Å²) < 4.78 is 5.49. The minimum Gasteiger partial charge on any atom is -0.379 e. The van der Waals surface area contributed by atoms with Gasteiger partial charge in [-0.1, -0.05) is 41.9 Å². The van der Waals surface area contributed by atoms with Gasteiger partial charge in [-0.15, -0.1) is 0 Å². The largest absolute Gasteiger partial charge is 0.379 e. The van der Waals surface area contributed by atoms with Crippen molar-refractivity contribution < 1.29 is 9.53 Å². The van der Waals surface area contributed by atoms with Crippen molar-refractivity contribution >= 4 is 23.2 Å². The molecule has 2 saturated heterocycles. The summed E-state index contributed by atoms with van der Waals surface area (Å²) in [5.41, 5.74) is 3.36. The first kappa shape index (κ1) is 20.2. The molecule has 0 aromatic heterocycles. The van der Waals surface area contributed by atoms with Crippen molar-refractivity contribution in [3.8, 4) is 0 Å². The molecule has 2 aliphatic heterocycles. The zero-order chi connectivity index (χ0) is 20.1. The third-order valence-electron chi connectivity index (χ3n) is 5.74. The summed E-state index contributed by atoms with van der Waals surface area (Å²) in [5, 5.41) is 3.87. The Balaban J connectivity index is 1.50. The van der Waals surface area contributed by atoms with Gasteiger partial charge in [0.2, 0.25) is 5.91 Å². The third-order valence-corrected chi connectivity index (χ3v) is 5.99. The lowest BCUT2D eigenvalue weighted by Crippen LogP contribution is -2.45. The Morgan fingerprint density at radius 2 is 1.69 bits per heavy atom. The first-order valence-electron chi connectivity index (χ1n) is 10.4. The number of benzene rings is 2. The van der Waals surface area contributed by atoms with Crippen LogP contribution < -0.4 is 10.2 Å².